The third kappa shape index (κ3) is 3.79. The zero-order valence-electron chi connectivity index (χ0n) is 13.6. The molecule has 0 bridgehead atoms. The summed E-state index contributed by atoms with van der Waals surface area (Å²) in [6.07, 6.45) is 1.66. The number of halogens is 2. The van der Waals surface area contributed by atoms with Crippen LogP contribution in [0.5, 0.6) is 5.75 Å². The Morgan fingerprint density at radius 2 is 2.00 bits per heavy atom. The number of aryl methyl sites for hydroxylation is 2. The Kier molecular flexibility index (Phi) is 4.89. The van der Waals surface area contributed by atoms with Crippen LogP contribution in [0.4, 0.5) is 14.7 Å². The molecule has 2 heterocycles. The minimum absolute atomic E-state index is 0.138. The zero-order chi connectivity index (χ0) is 17.1. The molecule has 7 heteroatoms. The first-order valence-corrected chi connectivity index (χ1v) is 7.74. The summed E-state index contributed by atoms with van der Waals surface area (Å²) in [7, 11) is 0. The summed E-state index contributed by atoms with van der Waals surface area (Å²) >= 11 is 0. The highest BCUT2D eigenvalue weighted by Crippen LogP contribution is 2.26. The molecule has 5 nitrogen and oxygen atoms in total. The highest BCUT2D eigenvalue weighted by atomic mass is 19.3. The van der Waals surface area contributed by atoms with E-state index in [0.29, 0.717) is 25.6 Å². The molecule has 128 valence electrons. The molecule has 0 N–H and O–H groups in total. The second-order valence-corrected chi connectivity index (χ2v) is 5.69. The molecule has 1 aromatic carbocycles. The number of hydrogen-bond acceptors (Lipinski definition) is 5. The number of nitrogens with zero attached hydrogens (tertiary/aromatic N) is 3. The van der Waals surface area contributed by atoms with Gasteiger partial charge in [-0.2, -0.15) is 8.78 Å². The predicted molar refractivity (Wildman–Crippen MR) is 85.5 cm³/mol. The van der Waals surface area contributed by atoms with E-state index in [1.165, 1.54) is 12.1 Å². The van der Waals surface area contributed by atoms with Crippen molar-refractivity contribution in [3.63, 3.8) is 0 Å². The van der Waals surface area contributed by atoms with Gasteiger partial charge in [-0.15, -0.1) is 0 Å². The van der Waals surface area contributed by atoms with Crippen LogP contribution < -0.4 is 9.64 Å². The number of rotatable bonds is 4. The molecule has 1 aliphatic rings. The van der Waals surface area contributed by atoms with Crippen molar-refractivity contribution in [2.75, 3.05) is 24.6 Å². The normalized spacial score (nSPS) is 18.0. The van der Waals surface area contributed by atoms with Gasteiger partial charge in [0, 0.05) is 18.4 Å². The number of benzene rings is 1. The summed E-state index contributed by atoms with van der Waals surface area (Å²) in [6.45, 7) is 2.99. The summed E-state index contributed by atoms with van der Waals surface area (Å²) in [5.74, 6) is 0.822. The zero-order valence-corrected chi connectivity index (χ0v) is 13.6. The Bertz CT molecular complexity index is 695. The van der Waals surface area contributed by atoms with E-state index in [4.69, 9.17) is 4.74 Å². The number of anilines is 1. The number of ether oxygens (including phenoxy) is 2. The largest absolute Gasteiger partial charge is 0.435 e. The highest BCUT2D eigenvalue weighted by molar-refractivity contribution is 5.35. The van der Waals surface area contributed by atoms with Crippen molar-refractivity contribution < 1.29 is 18.3 Å². The van der Waals surface area contributed by atoms with Gasteiger partial charge in [0.15, 0.2) is 0 Å². The van der Waals surface area contributed by atoms with Crippen molar-refractivity contribution >= 4 is 5.95 Å². The lowest BCUT2D eigenvalue weighted by atomic mass is 10.1. The Balaban J connectivity index is 1.72. The van der Waals surface area contributed by atoms with Gasteiger partial charge in [0.1, 0.15) is 11.9 Å². The fraction of sp³-hybridized carbons (Fsp3) is 0.412. The van der Waals surface area contributed by atoms with Crippen LogP contribution in [0, 0.1) is 13.8 Å². The van der Waals surface area contributed by atoms with Crippen molar-refractivity contribution in [3.05, 3.63) is 47.3 Å². The van der Waals surface area contributed by atoms with Crippen molar-refractivity contribution in [3.8, 4) is 5.75 Å². The van der Waals surface area contributed by atoms with Gasteiger partial charge in [-0.25, -0.2) is 9.97 Å². The fourth-order valence-corrected chi connectivity index (χ4v) is 2.56. The molecule has 2 aromatic rings. The lowest BCUT2D eigenvalue weighted by Crippen LogP contribution is -2.39. The summed E-state index contributed by atoms with van der Waals surface area (Å²) < 4.78 is 34.6. The van der Waals surface area contributed by atoms with Crippen LogP contribution >= 0.6 is 0 Å². The van der Waals surface area contributed by atoms with Crippen molar-refractivity contribution in [1.29, 1.82) is 0 Å². The number of morpholine rings is 1. The van der Waals surface area contributed by atoms with E-state index in [9.17, 15) is 8.78 Å². The van der Waals surface area contributed by atoms with Crippen molar-refractivity contribution in [2.24, 2.45) is 0 Å². The molecule has 1 aromatic heterocycles. The van der Waals surface area contributed by atoms with Gasteiger partial charge in [-0.1, -0.05) is 12.1 Å². The van der Waals surface area contributed by atoms with Crippen molar-refractivity contribution in [1.82, 2.24) is 9.97 Å². The van der Waals surface area contributed by atoms with Crippen LogP contribution in [-0.4, -0.2) is 36.3 Å². The second-order valence-electron chi connectivity index (χ2n) is 5.69. The maximum Gasteiger partial charge on any atom is 0.387 e. The first-order chi connectivity index (χ1) is 11.5. The Morgan fingerprint density at radius 1 is 1.25 bits per heavy atom. The van der Waals surface area contributed by atoms with Crippen LogP contribution in [0.15, 0.2) is 30.5 Å². The van der Waals surface area contributed by atoms with E-state index in [2.05, 4.69) is 19.6 Å². The smallest absolute Gasteiger partial charge is 0.387 e. The molecule has 24 heavy (non-hydrogen) atoms. The minimum atomic E-state index is -2.82. The van der Waals surface area contributed by atoms with E-state index in [1.807, 2.05) is 20.0 Å². The second kappa shape index (κ2) is 7.09. The van der Waals surface area contributed by atoms with Gasteiger partial charge in [0.2, 0.25) is 5.95 Å². The predicted octanol–water partition coefficient (Wildman–Crippen LogP) is 3.27. The third-order valence-corrected chi connectivity index (χ3v) is 4.04. The number of aromatic nitrogens is 2. The van der Waals surface area contributed by atoms with Crippen LogP contribution in [-0.2, 0) is 4.74 Å². The summed E-state index contributed by atoms with van der Waals surface area (Å²) in [5.41, 5.74) is 2.92. The molecule has 1 aliphatic heterocycles. The maximum absolute atomic E-state index is 12.2. The topological polar surface area (TPSA) is 47.5 Å². The molecule has 1 saturated heterocycles. The van der Waals surface area contributed by atoms with Gasteiger partial charge in [-0.3, -0.25) is 0 Å². The quantitative estimate of drug-likeness (QED) is 0.858. The van der Waals surface area contributed by atoms with Crippen LogP contribution in [0.2, 0.25) is 0 Å². The average Bonchev–Trinajstić information content (AvgIpc) is 2.58. The highest BCUT2D eigenvalue weighted by Gasteiger charge is 2.24. The van der Waals surface area contributed by atoms with E-state index < -0.39 is 6.61 Å². The van der Waals surface area contributed by atoms with E-state index in [0.717, 1.165) is 16.8 Å². The molecule has 0 spiro atoms. The van der Waals surface area contributed by atoms with Crippen LogP contribution in [0.25, 0.3) is 0 Å². The first kappa shape index (κ1) is 16.6. The molecule has 0 saturated carbocycles. The molecule has 0 radical (unpaired) electrons. The van der Waals surface area contributed by atoms with Crippen molar-refractivity contribution in [2.45, 2.75) is 26.6 Å². The van der Waals surface area contributed by atoms with Gasteiger partial charge < -0.3 is 14.4 Å². The molecule has 0 amide bonds. The summed E-state index contributed by atoms with van der Waals surface area (Å²) in [5, 5.41) is 0. The molecule has 1 fully saturated rings. The van der Waals surface area contributed by atoms with E-state index >= 15 is 0 Å². The number of hydrogen-bond donors (Lipinski definition) is 0. The van der Waals surface area contributed by atoms with Gasteiger partial charge in [0.25, 0.3) is 0 Å². The van der Waals surface area contributed by atoms with E-state index in [1.54, 1.807) is 12.1 Å². The van der Waals surface area contributed by atoms with Gasteiger partial charge >= 0.3 is 6.61 Å². The van der Waals surface area contributed by atoms with Gasteiger partial charge in [-0.05, 0) is 37.1 Å². The molecular weight excluding hydrogens is 316 g/mol. The SMILES string of the molecule is Cc1cnc(N2CCO[C@H](c3ccc(OC(F)F)cc3)C2)nc1C. The third-order valence-electron chi connectivity index (χ3n) is 4.04. The lowest BCUT2D eigenvalue weighted by molar-refractivity contribution is -0.0498. The minimum Gasteiger partial charge on any atom is -0.435 e. The Hall–Kier alpha value is -2.28. The monoisotopic (exact) mass is 335 g/mol. The van der Waals surface area contributed by atoms with E-state index in [-0.39, 0.29) is 11.9 Å². The first-order valence-electron chi connectivity index (χ1n) is 7.74. The maximum atomic E-state index is 12.2. The Morgan fingerprint density at radius 3 is 2.67 bits per heavy atom. The van der Waals surface area contributed by atoms with Crippen LogP contribution in [0.1, 0.15) is 22.9 Å². The fourth-order valence-electron chi connectivity index (χ4n) is 2.56. The summed E-state index contributed by atoms with van der Waals surface area (Å²) in [6, 6.07) is 6.53. The van der Waals surface area contributed by atoms with Gasteiger partial charge in [0.05, 0.1) is 13.2 Å². The average molecular weight is 335 g/mol. The standard InChI is InChI=1S/C17H19F2N3O2/c1-11-9-20-17(21-12(11)2)22-7-8-23-15(10-22)13-3-5-14(6-4-13)24-16(18)19/h3-6,9,15-16H,7-8,10H2,1-2H3/t15-/m0/s1. The summed E-state index contributed by atoms with van der Waals surface area (Å²) in [4.78, 5) is 11.0. The Labute approximate surface area is 139 Å². The molecule has 0 unspecified atom stereocenters. The lowest BCUT2D eigenvalue weighted by Gasteiger charge is -2.33. The molecule has 3 rings (SSSR count). The molecule has 1 atom stereocenters. The van der Waals surface area contributed by atoms with Crippen LogP contribution in [0.3, 0.4) is 0 Å². The molecular formula is C17H19F2N3O2. The number of alkyl halides is 2. The molecule has 0 aliphatic carbocycles.